The van der Waals surface area contributed by atoms with Crippen LogP contribution < -0.4 is 4.90 Å². The molecule has 1 N–H and O–H groups in total. The lowest BCUT2D eigenvalue weighted by molar-refractivity contribution is -0.142. The van der Waals surface area contributed by atoms with Gasteiger partial charge in [0.05, 0.1) is 5.92 Å². The Labute approximate surface area is 94.1 Å². The first-order chi connectivity index (χ1) is 7.58. The summed E-state index contributed by atoms with van der Waals surface area (Å²) in [6.07, 6.45) is 1.52. The smallest absolute Gasteiger partial charge is 0.308 e. The number of nitrogens with zero attached hydrogens (tertiary/aromatic N) is 3. The number of rotatable bonds is 2. The van der Waals surface area contributed by atoms with Crippen LogP contribution in [-0.4, -0.2) is 34.1 Å². The number of carbonyl (C=O) groups is 1. The van der Waals surface area contributed by atoms with Crippen molar-refractivity contribution in [3.8, 4) is 0 Å². The van der Waals surface area contributed by atoms with Crippen LogP contribution in [0.3, 0.4) is 0 Å². The number of aliphatic carboxylic acids is 1. The minimum atomic E-state index is -0.722. The highest BCUT2D eigenvalue weighted by Gasteiger charge is 2.35. The van der Waals surface area contributed by atoms with Gasteiger partial charge in [-0.15, -0.1) is 0 Å². The van der Waals surface area contributed by atoms with Crippen molar-refractivity contribution in [2.75, 3.05) is 18.0 Å². The van der Waals surface area contributed by atoms with E-state index in [2.05, 4.69) is 9.97 Å². The molecule has 86 valence electrons. The fourth-order valence-electron chi connectivity index (χ4n) is 2.09. The van der Waals surface area contributed by atoms with Crippen molar-refractivity contribution in [1.29, 1.82) is 0 Å². The van der Waals surface area contributed by atoms with Crippen molar-refractivity contribution in [1.82, 2.24) is 9.97 Å². The Kier molecular flexibility index (Phi) is 2.77. The molecule has 0 amide bonds. The van der Waals surface area contributed by atoms with Gasteiger partial charge in [-0.25, -0.2) is 9.97 Å². The Morgan fingerprint density at radius 1 is 1.50 bits per heavy atom. The van der Waals surface area contributed by atoms with Gasteiger partial charge in [0.2, 0.25) is 0 Å². The molecule has 1 aliphatic heterocycles. The van der Waals surface area contributed by atoms with Crippen LogP contribution in [-0.2, 0) is 4.79 Å². The van der Waals surface area contributed by atoms with E-state index in [1.807, 2.05) is 24.8 Å². The van der Waals surface area contributed by atoms with E-state index in [0.29, 0.717) is 6.54 Å². The summed E-state index contributed by atoms with van der Waals surface area (Å²) in [5.41, 5.74) is 0.899. The van der Waals surface area contributed by atoms with E-state index in [-0.39, 0.29) is 11.8 Å². The summed E-state index contributed by atoms with van der Waals surface area (Å²) >= 11 is 0. The first-order valence-corrected chi connectivity index (χ1v) is 5.34. The average molecular weight is 221 g/mol. The third-order valence-electron chi connectivity index (χ3n) is 3.04. The number of anilines is 1. The molecule has 2 atom stereocenters. The lowest BCUT2D eigenvalue weighted by Gasteiger charge is -2.16. The molecule has 0 aromatic carbocycles. The lowest BCUT2D eigenvalue weighted by atomic mass is 9.99. The molecule has 2 heterocycles. The molecule has 2 unspecified atom stereocenters. The van der Waals surface area contributed by atoms with Crippen LogP contribution in [0.15, 0.2) is 12.4 Å². The fraction of sp³-hybridized carbons (Fsp3) is 0.545. The van der Waals surface area contributed by atoms with E-state index in [1.54, 1.807) is 0 Å². The number of hydrogen-bond donors (Lipinski definition) is 1. The molecule has 0 spiro atoms. The zero-order valence-electron chi connectivity index (χ0n) is 9.42. The summed E-state index contributed by atoms with van der Waals surface area (Å²) in [5, 5.41) is 9.04. The van der Waals surface area contributed by atoms with Gasteiger partial charge in [0.15, 0.2) is 0 Å². The highest BCUT2D eigenvalue weighted by atomic mass is 16.4. The first-order valence-electron chi connectivity index (χ1n) is 5.34. The SMILES string of the molecule is Cc1cc(N2CC(C)C(C(=O)O)C2)ncn1. The molecule has 1 aromatic heterocycles. The maximum atomic E-state index is 11.0. The van der Waals surface area contributed by atoms with Crippen molar-refractivity contribution in [3.63, 3.8) is 0 Å². The van der Waals surface area contributed by atoms with E-state index < -0.39 is 5.97 Å². The largest absolute Gasteiger partial charge is 0.481 e. The van der Waals surface area contributed by atoms with E-state index in [9.17, 15) is 4.79 Å². The van der Waals surface area contributed by atoms with Crippen LogP contribution in [0.25, 0.3) is 0 Å². The van der Waals surface area contributed by atoms with Crippen LogP contribution in [0, 0.1) is 18.8 Å². The summed E-state index contributed by atoms with van der Waals surface area (Å²) in [6.45, 7) is 5.15. The van der Waals surface area contributed by atoms with Crippen molar-refractivity contribution < 1.29 is 9.90 Å². The molecule has 1 aromatic rings. The Hall–Kier alpha value is -1.65. The standard InChI is InChI=1S/C11H15N3O2/c1-7-4-14(5-9(7)11(15)16)10-3-8(2)12-6-13-10/h3,6-7,9H,4-5H2,1-2H3,(H,15,16). The molecular formula is C11H15N3O2. The molecule has 16 heavy (non-hydrogen) atoms. The van der Waals surface area contributed by atoms with Crippen LogP contribution in [0.4, 0.5) is 5.82 Å². The number of aryl methyl sites for hydroxylation is 1. The topological polar surface area (TPSA) is 66.3 Å². The van der Waals surface area contributed by atoms with Gasteiger partial charge < -0.3 is 10.0 Å². The van der Waals surface area contributed by atoms with Crippen LogP contribution in [0.2, 0.25) is 0 Å². The highest BCUT2D eigenvalue weighted by molar-refractivity contribution is 5.72. The second-order valence-electron chi connectivity index (χ2n) is 4.34. The molecule has 5 nitrogen and oxygen atoms in total. The summed E-state index contributed by atoms with van der Waals surface area (Å²) in [5.74, 6) is -0.0353. The number of carboxylic acid groups (broad SMARTS) is 1. The molecule has 1 aliphatic rings. The third kappa shape index (κ3) is 1.98. The molecule has 0 saturated carbocycles. The zero-order valence-corrected chi connectivity index (χ0v) is 9.42. The third-order valence-corrected chi connectivity index (χ3v) is 3.04. The molecule has 1 fully saturated rings. The van der Waals surface area contributed by atoms with Gasteiger partial charge in [0, 0.05) is 24.8 Å². The predicted octanol–water partition coefficient (Wildman–Crippen LogP) is 0.942. The molecular weight excluding hydrogens is 206 g/mol. The number of carboxylic acids is 1. The van der Waals surface area contributed by atoms with Gasteiger partial charge in [-0.3, -0.25) is 4.79 Å². The fourth-order valence-corrected chi connectivity index (χ4v) is 2.09. The molecule has 0 radical (unpaired) electrons. The minimum Gasteiger partial charge on any atom is -0.481 e. The molecule has 0 aliphatic carbocycles. The van der Waals surface area contributed by atoms with Crippen LogP contribution in [0.1, 0.15) is 12.6 Å². The van der Waals surface area contributed by atoms with Gasteiger partial charge in [-0.2, -0.15) is 0 Å². The summed E-state index contributed by atoms with van der Waals surface area (Å²) in [6, 6.07) is 1.89. The summed E-state index contributed by atoms with van der Waals surface area (Å²) in [7, 11) is 0. The Bertz CT molecular complexity index is 408. The van der Waals surface area contributed by atoms with Crippen molar-refractivity contribution in [3.05, 3.63) is 18.1 Å². The van der Waals surface area contributed by atoms with Crippen LogP contribution >= 0.6 is 0 Å². The Balaban J connectivity index is 2.16. The second kappa shape index (κ2) is 4.08. The van der Waals surface area contributed by atoms with Gasteiger partial charge >= 0.3 is 5.97 Å². The van der Waals surface area contributed by atoms with E-state index >= 15 is 0 Å². The average Bonchev–Trinajstić information content (AvgIpc) is 2.60. The predicted molar refractivity (Wildman–Crippen MR) is 59.3 cm³/mol. The maximum Gasteiger partial charge on any atom is 0.308 e. The lowest BCUT2D eigenvalue weighted by Crippen LogP contribution is -2.23. The quantitative estimate of drug-likeness (QED) is 0.805. The van der Waals surface area contributed by atoms with E-state index in [0.717, 1.165) is 18.1 Å². The first kappa shape index (κ1) is 10.9. The Morgan fingerprint density at radius 3 is 2.81 bits per heavy atom. The van der Waals surface area contributed by atoms with E-state index in [1.165, 1.54) is 6.33 Å². The minimum absolute atomic E-state index is 0.160. The maximum absolute atomic E-state index is 11.0. The Morgan fingerprint density at radius 2 is 2.25 bits per heavy atom. The zero-order chi connectivity index (χ0) is 11.7. The van der Waals surface area contributed by atoms with Gasteiger partial charge in [0.25, 0.3) is 0 Å². The second-order valence-corrected chi connectivity index (χ2v) is 4.34. The van der Waals surface area contributed by atoms with Gasteiger partial charge in [-0.05, 0) is 12.8 Å². The molecule has 2 rings (SSSR count). The van der Waals surface area contributed by atoms with Crippen molar-refractivity contribution in [2.24, 2.45) is 11.8 Å². The van der Waals surface area contributed by atoms with Crippen LogP contribution in [0.5, 0.6) is 0 Å². The normalized spacial score (nSPS) is 24.8. The summed E-state index contributed by atoms with van der Waals surface area (Å²) in [4.78, 5) is 21.2. The molecule has 5 heteroatoms. The van der Waals surface area contributed by atoms with Crippen molar-refractivity contribution in [2.45, 2.75) is 13.8 Å². The highest BCUT2D eigenvalue weighted by Crippen LogP contribution is 2.26. The van der Waals surface area contributed by atoms with E-state index in [4.69, 9.17) is 5.11 Å². The molecule has 1 saturated heterocycles. The number of hydrogen-bond acceptors (Lipinski definition) is 4. The van der Waals surface area contributed by atoms with Gasteiger partial charge in [0.1, 0.15) is 12.1 Å². The van der Waals surface area contributed by atoms with Gasteiger partial charge in [-0.1, -0.05) is 6.92 Å². The van der Waals surface area contributed by atoms with Crippen molar-refractivity contribution >= 4 is 11.8 Å². The summed E-state index contributed by atoms with van der Waals surface area (Å²) < 4.78 is 0. The number of aromatic nitrogens is 2. The monoisotopic (exact) mass is 221 g/mol. The molecule has 0 bridgehead atoms.